The third-order valence-corrected chi connectivity index (χ3v) is 1.20. The van der Waals surface area contributed by atoms with E-state index in [-0.39, 0.29) is 5.57 Å². The zero-order valence-corrected chi connectivity index (χ0v) is 8.06. The first-order valence-corrected chi connectivity index (χ1v) is 4.22. The summed E-state index contributed by atoms with van der Waals surface area (Å²) in [6.45, 7) is 10.4. The lowest BCUT2D eigenvalue weighted by Crippen LogP contribution is -2.22. The van der Waals surface area contributed by atoms with Gasteiger partial charge in [0, 0.05) is 0 Å². The van der Waals surface area contributed by atoms with Crippen molar-refractivity contribution in [1.82, 2.24) is 0 Å². The molecule has 0 aliphatic carbocycles. The molecule has 0 aromatic carbocycles. The molecule has 0 N–H and O–H groups in total. The maximum absolute atomic E-state index is 9.49. The van der Waals surface area contributed by atoms with E-state index in [1.54, 1.807) is 0 Å². The van der Waals surface area contributed by atoms with Gasteiger partial charge in [0.15, 0.2) is 0 Å². The van der Waals surface area contributed by atoms with E-state index >= 15 is 0 Å². The van der Waals surface area contributed by atoms with Crippen molar-refractivity contribution in [3.63, 3.8) is 0 Å². The molecule has 0 aromatic rings. The summed E-state index contributed by atoms with van der Waals surface area (Å²) in [6, 6.07) is 0. The summed E-state index contributed by atoms with van der Waals surface area (Å²) in [7, 11) is 0. The zero-order valence-electron chi connectivity index (χ0n) is 8.06. The summed E-state index contributed by atoms with van der Waals surface area (Å²) < 4.78 is 0. The van der Waals surface area contributed by atoms with Gasteiger partial charge < -0.3 is 16.8 Å². The fourth-order valence-electron chi connectivity index (χ4n) is 0.427. The van der Waals surface area contributed by atoms with Crippen molar-refractivity contribution in [3.05, 3.63) is 19.1 Å². The molecule has 0 radical (unpaired) electrons. The van der Waals surface area contributed by atoms with Crippen molar-refractivity contribution in [2.24, 2.45) is 0 Å². The van der Waals surface area contributed by atoms with Crippen molar-refractivity contribution in [1.29, 1.82) is 0 Å². The van der Waals surface area contributed by atoms with Gasteiger partial charge in [-0.3, -0.25) is 0 Å². The molecule has 0 aliphatic rings. The summed E-state index contributed by atoms with van der Waals surface area (Å²) in [5.74, 6) is -1.19. The predicted molar refractivity (Wildman–Crippen MR) is 49.3 cm³/mol. The number of carboxylic acids is 1. The van der Waals surface area contributed by atoms with Gasteiger partial charge in [0.2, 0.25) is 0 Å². The predicted octanol–water partition coefficient (Wildman–Crippen LogP) is 1.71. The molecule has 72 valence electrons. The number of aliphatic carboxylic acids is 1. The van der Waals surface area contributed by atoms with Crippen molar-refractivity contribution in [3.8, 4) is 0 Å². The minimum Gasteiger partial charge on any atom is -0.545 e. The largest absolute Gasteiger partial charge is 0.545 e. The Balaban J connectivity index is 0. The highest BCUT2D eigenvalue weighted by Crippen LogP contribution is 1.95. The number of rotatable bonds is 4. The molecule has 0 spiro atoms. The molecular formula is C10H18O2-2. The topological polar surface area (TPSA) is 40.1 Å². The molecule has 0 rings (SSSR count). The van der Waals surface area contributed by atoms with Crippen LogP contribution in [0, 0.1) is 6.92 Å². The van der Waals surface area contributed by atoms with Crippen LogP contribution in [0.25, 0.3) is 0 Å². The summed E-state index contributed by atoms with van der Waals surface area (Å²) in [5.41, 5.74) is 0.0648. The molecule has 0 saturated carbocycles. The maximum Gasteiger partial charge on any atom is 0.0666 e. The van der Waals surface area contributed by atoms with Gasteiger partial charge in [0.1, 0.15) is 0 Å². The average Bonchev–Trinajstić information content (AvgIpc) is 2.02. The Hall–Kier alpha value is -0.790. The van der Waals surface area contributed by atoms with E-state index in [4.69, 9.17) is 0 Å². The highest BCUT2D eigenvalue weighted by atomic mass is 16.4. The molecule has 2 nitrogen and oxygen atoms in total. The van der Waals surface area contributed by atoms with Crippen LogP contribution in [0.3, 0.4) is 0 Å². The highest BCUT2D eigenvalue weighted by Gasteiger charge is 1.76. The lowest BCUT2D eigenvalue weighted by Gasteiger charge is -1.93. The van der Waals surface area contributed by atoms with Gasteiger partial charge in [-0.2, -0.15) is 6.42 Å². The molecule has 12 heavy (non-hydrogen) atoms. The van der Waals surface area contributed by atoms with Gasteiger partial charge in [-0.1, -0.05) is 32.8 Å². The molecular weight excluding hydrogens is 152 g/mol. The van der Waals surface area contributed by atoms with Crippen LogP contribution in [0.1, 0.15) is 39.5 Å². The standard InChI is InChI=1S/C6H13.C4H6O2/c1-3-5-6-4-2;1-3(2)4(5)6/h1,3-6H2,2H3;1H2,2H3,(H,5,6)/q-1;/p-1. The minimum absolute atomic E-state index is 0.0648. The normalized spacial score (nSPS) is 8.25. The summed E-state index contributed by atoms with van der Waals surface area (Å²) >= 11 is 0. The van der Waals surface area contributed by atoms with E-state index in [2.05, 4.69) is 20.4 Å². The number of carboxylic acid groups (broad SMARTS) is 1. The van der Waals surface area contributed by atoms with Crippen LogP contribution < -0.4 is 5.11 Å². The van der Waals surface area contributed by atoms with E-state index in [1.807, 2.05) is 0 Å². The van der Waals surface area contributed by atoms with Crippen LogP contribution in [-0.2, 0) is 4.79 Å². The van der Waals surface area contributed by atoms with E-state index in [1.165, 1.54) is 26.2 Å². The Kier molecular flexibility index (Phi) is 11.7. The first-order valence-electron chi connectivity index (χ1n) is 4.22. The van der Waals surface area contributed by atoms with Crippen LogP contribution in [0.5, 0.6) is 0 Å². The van der Waals surface area contributed by atoms with Crippen LogP contribution in [0.4, 0.5) is 0 Å². The molecule has 0 heterocycles. The summed E-state index contributed by atoms with van der Waals surface area (Å²) in [4.78, 5) is 9.49. The van der Waals surface area contributed by atoms with E-state index in [9.17, 15) is 9.90 Å². The van der Waals surface area contributed by atoms with Gasteiger partial charge in [-0.25, -0.2) is 0 Å². The number of carbonyl (C=O) groups excluding carboxylic acids is 1. The van der Waals surface area contributed by atoms with Gasteiger partial charge in [0.05, 0.1) is 5.97 Å². The lowest BCUT2D eigenvalue weighted by atomic mass is 10.2. The minimum atomic E-state index is -1.19. The molecule has 0 fully saturated rings. The molecule has 0 bridgehead atoms. The molecule has 0 aliphatic heterocycles. The summed E-state index contributed by atoms with van der Waals surface area (Å²) in [6.07, 6.45) is 5.07. The summed E-state index contributed by atoms with van der Waals surface area (Å²) in [5, 5.41) is 9.49. The van der Waals surface area contributed by atoms with Crippen LogP contribution in [0.15, 0.2) is 12.2 Å². The quantitative estimate of drug-likeness (QED) is 0.366. The van der Waals surface area contributed by atoms with E-state index < -0.39 is 5.97 Å². The Morgan fingerprint density at radius 2 is 1.92 bits per heavy atom. The Morgan fingerprint density at radius 1 is 1.50 bits per heavy atom. The Labute approximate surface area is 75.3 Å². The Bertz CT molecular complexity index is 112. The molecule has 0 amide bonds. The van der Waals surface area contributed by atoms with Gasteiger partial charge >= 0.3 is 0 Å². The van der Waals surface area contributed by atoms with E-state index in [0.29, 0.717) is 0 Å². The molecule has 0 atom stereocenters. The van der Waals surface area contributed by atoms with Crippen molar-refractivity contribution >= 4 is 5.97 Å². The fraction of sp³-hybridized carbons (Fsp3) is 0.600. The second-order valence-corrected chi connectivity index (χ2v) is 2.63. The van der Waals surface area contributed by atoms with Crippen LogP contribution in [-0.4, -0.2) is 5.97 Å². The highest BCUT2D eigenvalue weighted by molar-refractivity contribution is 5.82. The second kappa shape index (κ2) is 10.2. The number of unbranched alkanes of at least 4 members (excludes halogenated alkanes) is 3. The zero-order chi connectivity index (χ0) is 9.98. The van der Waals surface area contributed by atoms with Crippen molar-refractivity contribution in [2.75, 3.05) is 0 Å². The molecule has 2 heteroatoms. The van der Waals surface area contributed by atoms with Crippen molar-refractivity contribution < 1.29 is 9.90 Å². The van der Waals surface area contributed by atoms with Gasteiger partial charge in [-0.15, -0.1) is 0 Å². The first kappa shape index (κ1) is 13.8. The van der Waals surface area contributed by atoms with E-state index in [0.717, 1.165) is 6.42 Å². The monoisotopic (exact) mass is 170 g/mol. The average molecular weight is 170 g/mol. The van der Waals surface area contributed by atoms with Crippen LogP contribution in [0.2, 0.25) is 0 Å². The third-order valence-electron chi connectivity index (χ3n) is 1.20. The first-order chi connectivity index (χ1) is 5.56. The number of hydrogen-bond acceptors (Lipinski definition) is 2. The van der Waals surface area contributed by atoms with Gasteiger partial charge in [0.25, 0.3) is 0 Å². The smallest absolute Gasteiger partial charge is 0.0666 e. The van der Waals surface area contributed by atoms with Gasteiger partial charge in [-0.05, 0) is 12.5 Å². The maximum atomic E-state index is 9.49. The molecule has 0 aromatic heterocycles. The second-order valence-electron chi connectivity index (χ2n) is 2.63. The fourth-order valence-corrected chi connectivity index (χ4v) is 0.427. The molecule has 0 saturated heterocycles. The van der Waals surface area contributed by atoms with Crippen LogP contribution >= 0.6 is 0 Å². The number of hydrogen-bond donors (Lipinski definition) is 0. The lowest BCUT2D eigenvalue weighted by molar-refractivity contribution is -0.299. The van der Waals surface area contributed by atoms with Crippen molar-refractivity contribution in [2.45, 2.75) is 39.5 Å². The third kappa shape index (κ3) is 16.1. The Morgan fingerprint density at radius 3 is 2.00 bits per heavy atom. The molecule has 0 unspecified atom stereocenters. The SMILES string of the molecule is C=C(C)C(=O)[O-].[CH2-]CCCCC. The number of carbonyl (C=O) groups is 1.